The first kappa shape index (κ1) is 21.8. The van der Waals surface area contributed by atoms with Crippen molar-refractivity contribution in [3.05, 3.63) is 59.4 Å². The number of sulfonamides is 1. The number of ether oxygens (including phenoxy) is 1. The first-order valence-electron chi connectivity index (χ1n) is 8.99. The lowest BCUT2D eigenvalue weighted by Gasteiger charge is -2.19. The second-order valence-electron chi connectivity index (χ2n) is 6.20. The van der Waals surface area contributed by atoms with E-state index < -0.39 is 27.8 Å². The van der Waals surface area contributed by atoms with Crippen molar-refractivity contribution in [3.8, 4) is 5.75 Å². The maximum atomic E-state index is 13.5. The van der Waals surface area contributed by atoms with Gasteiger partial charge in [0.05, 0.1) is 23.6 Å². The van der Waals surface area contributed by atoms with Gasteiger partial charge in [0.1, 0.15) is 11.6 Å². The molecule has 0 unspecified atom stereocenters. The Hall–Kier alpha value is -2.45. The highest BCUT2D eigenvalue weighted by atomic mass is 32.2. The molecule has 0 saturated heterocycles. The van der Waals surface area contributed by atoms with E-state index in [-0.39, 0.29) is 16.2 Å². The predicted molar refractivity (Wildman–Crippen MR) is 105 cm³/mol. The fraction of sp³-hybridized carbons (Fsp3) is 0.350. The monoisotopic (exact) mass is 408 g/mol. The minimum absolute atomic E-state index is 0.0927. The van der Waals surface area contributed by atoms with Gasteiger partial charge in [0, 0.05) is 13.1 Å². The number of halogens is 1. The highest BCUT2D eigenvalue weighted by Gasteiger charge is 2.22. The van der Waals surface area contributed by atoms with Crippen LogP contribution in [-0.4, -0.2) is 38.8 Å². The number of hydrogen-bond donors (Lipinski definition) is 1. The number of benzene rings is 2. The zero-order valence-corrected chi connectivity index (χ0v) is 17.2. The maximum Gasteiger partial charge on any atom is 0.255 e. The van der Waals surface area contributed by atoms with Crippen LogP contribution < -0.4 is 10.1 Å². The normalized spacial score (nSPS) is 12.6. The Morgan fingerprint density at radius 1 is 1.14 bits per heavy atom. The zero-order valence-electron chi connectivity index (χ0n) is 16.4. The van der Waals surface area contributed by atoms with E-state index >= 15 is 0 Å². The SMILES string of the molecule is CCN(CC)S(=O)(=O)c1ccc([C@H](C)NC(=O)c2cc(F)ccc2OC)cc1. The van der Waals surface area contributed by atoms with Gasteiger partial charge >= 0.3 is 0 Å². The predicted octanol–water partition coefficient (Wildman–Crippen LogP) is 3.36. The van der Waals surface area contributed by atoms with Gasteiger partial charge in [0.15, 0.2) is 0 Å². The van der Waals surface area contributed by atoms with E-state index in [1.165, 1.54) is 35.7 Å². The number of carbonyl (C=O) groups is 1. The lowest BCUT2D eigenvalue weighted by molar-refractivity contribution is 0.0936. The largest absolute Gasteiger partial charge is 0.496 e. The summed E-state index contributed by atoms with van der Waals surface area (Å²) in [7, 11) is -2.13. The van der Waals surface area contributed by atoms with Crippen LogP contribution >= 0.6 is 0 Å². The highest BCUT2D eigenvalue weighted by molar-refractivity contribution is 7.89. The van der Waals surface area contributed by atoms with E-state index in [2.05, 4.69) is 5.32 Å². The van der Waals surface area contributed by atoms with Crippen LogP contribution in [0.3, 0.4) is 0 Å². The molecule has 0 aliphatic heterocycles. The molecule has 0 saturated carbocycles. The second kappa shape index (κ2) is 9.16. The summed E-state index contributed by atoms with van der Waals surface area (Å²) in [4.78, 5) is 12.7. The molecule has 0 bridgehead atoms. The summed E-state index contributed by atoms with van der Waals surface area (Å²) in [5.74, 6) is -0.750. The van der Waals surface area contributed by atoms with Gasteiger partial charge in [-0.1, -0.05) is 26.0 Å². The third-order valence-corrected chi connectivity index (χ3v) is 6.54. The molecule has 0 aliphatic rings. The molecule has 28 heavy (non-hydrogen) atoms. The molecule has 6 nitrogen and oxygen atoms in total. The average Bonchev–Trinajstić information content (AvgIpc) is 2.68. The number of hydrogen-bond acceptors (Lipinski definition) is 4. The number of nitrogens with one attached hydrogen (secondary N) is 1. The molecule has 1 amide bonds. The molecule has 0 fully saturated rings. The van der Waals surface area contributed by atoms with Crippen molar-refractivity contribution >= 4 is 15.9 Å². The summed E-state index contributed by atoms with van der Waals surface area (Å²) in [5.41, 5.74) is 0.817. The Balaban J connectivity index is 2.19. The maximum absolute atomic E-state index is 13.5. The molecule has 152 valence electrons. The fourth-order valence-corrected chi connectivity index (χ4v) is 4.31. The first-order chi connectivity index (χ1) is 13.2. The van der Waals surface area contributed by atoms with Crippen molar-refractivity contribution in [3.63, 3.8) is 0 Å². The van der Waals surface area contributed by atoms with Gasteiger partial charge in [-0.15, -0.1) is 0 Å². The summed E-state index contributed by atoms with van der Waals surface area (Å²) >= 11 is 0. The summed E-state index contributed by atoms with van der Waals surface area (Å²) in [6, 6.07) is 9.67. The Morgan fingerprint density at radius 3 is 2.29 bits per heavy atom. The zero-order chi connectivity index (χ0) is 20.9. The van der Waals surface area contributed by atoms with Crippen molar-refractivity contribution in [2.45, 2.75) is 31.7 Å². The van der Waals surface area contributed by atoms with Crippen molar-refractivity contribution in [2.24, 2.45) is 0 Å². The number of rotatable bonds is 8. The summed E-state index contributed by atoms with van der Waals surface area (Å²) in [5, 5.41) is 2.77. The van der Waals surface area contributed by atoms with Crippen LogP contribution in [0.15, 0.2) is 47.4 Å². The van der Waals surface area contributed by atoms with E-state index in [1.807, 2.05) is 0 Å². The van der Waals surface area contributed by atoms with Crippen LogP contribution in [0.4, 0.5) is 4.39 Å². The fourth-order valence-electron chi connectivity index (χ4n) is 2.86. The molecule has 0 radical (unpaired) electrons. The molecule has 2 aromatic rings. The molecule has 2 aromatic carbocycles. The van der Waals surface area contributed by atoms with Gasteiger partial charge in [0.25, 0.3) is 5.91 Å². The van der Waals surface area contributed by atoms with Crippen LogP contribution in [0, 0.1) is 5.82 Å². The molecule has 0 spiro atoms. The minimum Gasteiger partial charge on any atom is -0.496 e. The third kappa shape index (κ3) is 4.69. The van der Waals surface area contributed by atoms with Gasteiger partial charge in [-0.2, -0.15) is 4.31 Å². The van der Waals surface area contributed by atoms with Crippen molar-refractivity contribution in [2.75, 3.05) is 20.2 Å². The van der Waals surface area contributed by atoms with Crippen LogP contribution in [0.5, 0.6) is 5.75 Å². The standard InChI is InChI=1S/C20H25FN2O4S/c1-5-23(6-2)28(25,26)17-10-7-15(8-11-17)14(3)22-20(24)18-13-16(21)9-12-19(18)27-4/h7-14H,5-6H2,1-4H3,(H,22,24)/t14-/m0/s1. The van der Waals surface area contributed by atoms with Gasteiger partial charge in [-0.25, -0.2) is 12.8 Å². The molecular formula is C20H25FN2O4S. The first-order valence-corrected chi connectivity index (χ1v) is 10.4. The molecule has 2 rings (SSSR count). The lowest BCUT2D eigenvalue weighted by Crippen LogP contribution is -2.30. The van der Waals surface area contributed by atoms with Gasteiger partial charge in [-0.3, -0.25) is 4.79 Å². The molecule has 1 N–H and O–H groups in total. The highest BCUT2D eigenvalue weighted by Crippen LogP contribution is 2.22. The average molecular weight is 408 g/mol. The second-order valence-corrected chi connectivity index (χ2v) is 8.14. The van der Waals surface area contributed by atoms with E-state index in [4.69, 9.17) is 4.74 Å². The molecule has 1 atom stereocenters. The Bertz CT molecular complexity index is 926. The molecular weight excluding hydrogens is 383 g/mol. The Labute approximate surface area is 165 Å². The van der Waals surface area contributed by atoms with Gasteiger partial charge in [-0.05, 0) is 42.8 Å². The number of carbonyl (C=O) groups excluding carboxylic acids is 1. The quantitative estimate of drug-likeness (QED) is 0.727. The summed E-state index contributed by atoms with van der Waals surface area (Å²) in [6.45, 7) is 6.12. The van der Waals surface area contributed by atoms with E-state index in [9.17, 15) is 17.6 Å². The van der Waals surface area contributed by atoms with Crippen LogP contribution in [0.25, 0.3) is 0 Å². The van der Waals surface area contributed by atoms with Gasteiger partial charge < -0.3 is 10.1 Å². The summed E-state index contributed by atoms with van der Waals surface area (Å²) < 4.78 is 45.1. The topological polar surface area (TPSA) is 75.7 Å². The molecule has 0 heterocycles. The molecule has 0 aromatic heterocycles. The minimum atomic E-state index is -3.54. The third-order valence-electron chi connectivity index (χ3n) is 4.48. The molecule has 0 aliphatic carbocycles. The van der Waals surface area contributed by atoms with Crippen molar-refractivity contribution < 1.29 is 22.3 Å². The lowest BCUT2D eigenvalue weighted by atomic mass is 10.1. The summed E-state index contributed by atoms with van der Waals surface area (Å²) in [6.07, 6.45) is 0. The Kier molecular flexibility index (Phi) is 7.15. The van der Waals surface area contributed by atoms with Crippen molar-refractivity contribution in [1.29, 1.82) is 0 Å². The number of nitrogens with zero attached hydrogens (tertiary/aromatic N) is 1. The van der Waals surface area contributed by atoms with Crippen LogP contribution in [-0.2, 0) is 10.0 Å². The number of amides is 1. The van der Waals surface area contributed by atoms with E-state index in [1.54, 1.807) is 32.9 Å². The van der Waals surface area contributed by atoms with Gasteiger partial charge in [0.2, 0.25) is 10.0 Å². The Morgan fingerprint density at radius 2 is 1.75 bits per heavy atom. The molecule has 8 heteroatoms. The van der Waals surface area contributed by atoms with E-state index in [0.29, 0.717) is 13.1 Å². The number of methoxy groups -OCH3 is 1. The van der Waals surface area contributed by atoms with E-state index in [0.717, 1.165) is 11.6 Å². The smallest absolute Gasteiger partial charge is 0.255 e. The van der Waals surface area contributed by atoms with Crippen LogP contribution in [0.1, 0.15) is 42.7 Å². The van der Waals surface area contributed by atoms with Crippen LogP contribution in [0.2, 0.25) is 0 Å². The van der Waals surface area contributed by atoms with Crippen molar-refractivity contribution in [1.82, 2.24) is 9.62 Å².